The first-order valence-electron chi connectivity index (χ1n) is 14.9. The largest absolute Gasteiger partial charge is 0.494 e. The van der Waals surface area contributed by atoms with Gasteiger partial charge in [0, 0.05) is 60.6 Å². The lowest BCUT2D eigenvalue weighted by atomic mass is 10.1. The van der Waals surface area contributed by atoms with E-state index in [0.717, 1.165) is 76.5 Å². The van der Waals surface area contributed by atoms with Gasteiger partial charge in [0.15, 0.2) is 5.82 Å². The normalized spacial score (nSPS) is 21.6. The van der Waals surface area contributed by atoms with Gasteiger partial charge in [-0.2, -0.15) is 0 Å². The number of nitrogens with zero attached hydrogens (tertiary/aromatic N) is 6. The summed E-state index contributed by atoms with van der Waals surface area (Å²) in [7, 11) is 3.67. The van der Waals surface area contributed by atoms with E-state index >= 15 is 0 Å². The zero-order valence-electron chi connectivity index (χ0n) is 24.2. The first kappa shape index (κ1) is 25.5. The number of hydrogen-bond donors (Lipinski definition) is 1. The number of piperidine rings is 1. The van der Waals surface area contributed by atoms with E-state index < -0.39 is 0 Å². The number of carbonyl (C=O) groups is 1. The third kappa shape index (κ3) is 3.94. The fourth-order valence-electron chi connectivity index (χ4n) is 7.19. The van der Waals surface area contributed by atoms with Crippen molar-refractivity contribution < 1.29 is 9.53 Å². The molecule has 3 fully saturated rings. The highest BCUT2D eigenvalue weighted by atomic mass is 16.5. The third-order valence-electron chi connectivity index (χ3n) is 9.62. The number of nitrogens with two attached hydrogens (primary N) is 1. The molecular formula is C33H35N7O2. The van der Waals surface area contributed by atoms with Crippen molar-refractivity contribution in [2.24, 2.45) is 24.6 Å². The molecule has 42 heavy (non-hydrogen) atoms. The highest BCUT2D eigenvalue weighted by Crippen LogP contribution is 2.40. The van der Waals surface area contributed by atoms with Crippen LogP contribution in [0.4, 0.5) is 0 Å². The first-order chi connectivity index (χ1) is 20.4. The monoisotopic (exact) mass is 561 g/mol. The van der Waals surface area contributed by atoms with E-state index in [1.807, 2.05) is 43.3 Å². The SMILES string of the molecule is COc1cc(C(=O)N2CC3CCC2[C@@H]3N)cc2nc(-c3cc4ccc(-c5ccnc(C)c5)nc4n3CC3CC3)n(C)c12. The van der Waals surface area contributed by atoms with Gasteiger partial charge in [-0.25, -0.2) is 9.97 Å². The summed E-state index contributed by atoms with van der Waals surface area (Å²) in [5.74, 6) is 2.52. The Bertz CT molecular complexity index is 1880. The molecule has 4 aromatic heterocycles. The van der Waals surface area contributed by atoms with Gasteiger partial charge in [-0.15, -0.1) is 0 Å². The Balaban J connectivity index is 1.25. The van der Waals surface area contributed by atoms with Crippen molar-refractivity contribution in [3.63, 3.8) is 0 Å². The molecule has 1 saturated heterocycles. The van der Waals surface area contributed by atoms with Crippen molar-refractivity contribution in [2.75, 3.05) is 13.7 Å². The Labute approximate surface area is 244 Å². The van der Waals surface area contributed by atoms with Crippen molar-refractivity contribution in [3.05, 3.63) is 59.9 Å². The number of likely N-dealkylation sites (tertiary alicyclic amines) is 1. The minimum atomic E-state index is 0.0102. The second kappa shape index (κ2) is 9.39. The van der Waals surface area contributed by atoms with Crippen LogP contribution in [0.1, 0.15) is 41.7 Å². The fraction of sp³-hybridized carbons (Fsp3) is 0.394. The summed E-state index contributed by atoms with van der Waals surface area (Å²) < 4.78 is 10.3. The van der Waals surface area contributed by atoms with Crippen LogP contribution in [-0.2, 0) is 13.6 Å². The topological polar surface area (TPSA) is 104 Å². The van der Waals surface area contributed by atoms with E-state index in [1.54, 1.807) is 7.11 Å². The Kier molecular flexibility index (Phi) is 5.69. The molecule has 1 aromatic carbocycles. The summed E-state index contributed by atoms with van der Waals surface area (Å²) in [5.41, 5.74) is 13.6. The number of aromatic nitrogens is 5. The molecule has 0 spiro atoms. The molecule has 1 aliphatic heterocycles. The number of benzene rings is 1. The summed E-state index contributed by atoms with van der Waals surface area (Å²) in [5, 5.41) is 1.08. The van der Waals surface area contributed by atoms with Gasteiger partial charge in [-0.3, -0.25) is 9.78 Å². The molecule has 9 heteroatoms. The lowest BCUT2D eigenvalue weighted by Gasteiger charge is -2.27. The van der Waals surface area contributed by atoms with Crippen LogP contribution in [0.3, 0.4) is 0 Å². The number of fused-ring (bicyclic) bond motifs is 4. The molecule has 2 unspecified atom stereocenters. The van der Waals surface area contributed by atoms with Crippen molar-refractivity contribution in [2.45, 2.75) is 51.2 Å². The average molecular weight is 562 g/mol. The van der Waals surface area contributed by atoms with Gasteiger partial charge in [0.05, 0.1) is 24.0 Å². The Hall–Kier alpha value is -4.24. The standard InChI is InChI=1S/C33H35N7O2/c1-18-12-20(10-11-35-18)24-8-6-21-14-27(39(31(21)36-24)16-19-4-5-19)32-37-25-13-23(15-28(42-3)30(25)38(32)2)33(41)40-17-22-7-9-26(40)29(22)34/h6,8,10-15,19,22,26,29H,4-5,7,9,16-17,34H2,1-3H3/t22?,26?,29-/m1/s1. The van der Waals surface area contributed by atoms with Gasteiger partial charge in [-0.05, 0) is 86.9 Å². The van der Waals surface area contributed by atoms with E-state index in [2.05, 4.69) is 38.4 Å². The number of aryl methyl sites for hydroxylation is 2. The molecule has 8 rings (SSSR count). The van der Waals surface area contributed by atoms with Crippen LogP contribution in [0.15, 0.2) is 48.7 Å². The first-order valence-corrected chi connectivity index (χ1v) is 14.9. The van der Waals surface area contributed by atoms with Crippen molar-refractivity contribution in [1.29, 1.82) is 0 Å². The number of methoxy groups -OCH3 is 1. The van der Waals surface area contributed by atoms with Crippen LogP contribution >= 0.6 is 0 Å². The second-order valence-corrected chi connectivity index (χ2v) is 12.4. The number of ether oxygens (including phenoxy) is 1. The van der Waals surface area contributed by atoms with Gasteiger partial charge in [0.1, 0.15) is 16.9 Å². The van der Waals surface area contributed by atoms with Gasteiger partial charge in [-0.1, -0.05) is 0 Å². The number of amides is 1. The minimum absolute atomic E-state index is 0.0102. The zero-order chi connectivity index (χ0) is 28.7. The van der Waals surface area contributed by atoms with E-state index in [4.69, 9.17) is 20.4 Å². The Morgan fingerprint density at radius 2 is 1.93 bits per heavy atom. The highest BCUT2D eigenvalue weighted by molar-refractivity contribution is 6.00. The van der Waals surface area contributed by atoms with Crippen LogP contribution in [0.25, 0.3) is 44.8 Å². The molecule has 2 saturated carbocycles. The molecule has 2 bridgehead atoms. The van der Waals surface area contributed by atoms with Crippen LogP contribution < -0.4 is 10.5 Å². The Morgan fingerprint density at radius 1 is 1.07 bits per heavy atom. The van der Waals surface area contributed by atoms with Crippen molar-refractivity contribution >= 4 is 28.0 Å². The molecule has 214 valence electrons. The maximum atomic E-state index is 13.7. The van der Waals surface area contributed by atoms with E-state index in [0.29, 0.717) is 23.1 Å². The molecular weight excluding hydrogens is 526 g/mol. The number of rotatable bonds is 6. The zero-order valence-corrected chi connectivity index (χ0v) is 24.2. The van der Waals surface area contributed by atoms with Gasteiger partial charge >= 0.3 is 0 Å². The van der Waals surface area contributed by atoms with E-state index in [1.165, 1.54) is 12.8 Å². The molecule has 2 aliphatic carbocycles. The molecule has 5 heterocycles. The lowest BCUT2D eigenvalue weighted by molar-refractivity contribution is 0.0700. The van der Waals surface area contributed by atoms with Crippen LogP contribution in [-0.4, -0.2) is 60.6 Å². The summed E-state index contributed by atoms with van der Waals surface area (Å²) in [6, 6.07) is 14.5. The fourth-order valence-corrected chi connectivity index (χ4v) is 7.19. The highest BCUT2D eigenvalue weighted by Gasteiger charge is 2.47. The summed E-state index contributed by atoms with van der Waals surface area (Å²) in [6.07, 6.45) is 6.37. The van der Waals surface area contributed by atoms with Crippen LogP contribution in [0, 0.1) is 18.8 Å². The number of hydrogen-bond acceptors (Lipinski definition) is 6. The summed E-state index contributed by atoms with van der Waals surface area (Å²) in [4.78, 5) is 30.3. The average Bonchev–Trinajstić information content (AvgIpc) is 3.40. The molecule has 3 atom stereocenters. The predicted octanol–water partition coefficient (Wildman–Crippen LogP) is 4.94. The lowest BCUT2D eigenvalue weighted by Crippen LogP contribution is -2.41. The number of pyridine rings is 2. The van der Waals surface area contributed by atoms with Gasteiger partial charge < -0.3 is 24.5 Å². The molecule has 5 aromatic rings. The molecule has 3 aliphatic rings. The van der Waals surface area contributed by atoms with Gasteiger partial charge in [0.25, 0.3) is 5.91 Å². The van der Waals surface area contributed by atoms with E-state index in [-0.39, 0.29) is 18.0 Å². The Morgan fingerprint density at radius 3 is 2.64 bits per heavy atom. The third-order valence-corrected chi connectivity index (χ3v) is 9.62. The smallest absolute Gasteiger partial charge is 0.254 e. The van der Waals surface area contributed by atoms with E-state index in [9.17, 15) is 4.79 Å². The quantitative estimate of drug-likeness (QED) is 0.315. The number of carbonyl (C=O) groups excluding carboxylic acids is 1. The minimum Gasteiger partial charge on any atom is -0.494 e. The number of imidazole rings is 1. The summed E-state index contributed by atoms with van der Waals surface area (Å²) >= 11 is 0. The van der Waals surface area contributed by atoms with Gasteiger partial charge in [0.2, 0.25) is 0 Å². The maximum Gasteiger partial charge on any atom is 0.254 e. The van der Waals surface area contributed by atoms with Crippen LogP contribution in [0.5, 0.6) is 5.75 Å². The van der Waals surface area contributed by atoms with Crippen LogP contribution in [0.2, 0.25) is 0 Å². The predicted molar refractivity (Wildman–Crippen MR) is 162 cm³/mol. The molecule has 0 radical (unpaired) electrons. The van der Waals surface area contributed by atoms with Crippen molar-refractivity contribution in [1.82, 2.24) is 29.0 Å². The molecule has 1 amide bonds. The molecule has 9 nitrogen and oxygen atoms in total. The molecule has 2 N–H and O–H groups in total. The maximum absolute atomic E-state index is 13.7. The summed E-state index contributed by atoms with van der Waals surface area (Å²) in [6.45, 7) is 3.62. The second-order valence-electron chi connectivity index (χ2n) is 12.4. The van der Waals surface area contributed by atoms with Crippen molar-refractivity contribution in [3.8, 4) is 28.5 Å².